The molecule has 1 aromatic carbocycles. The fourth-order valence-electron chi connectivity index (χ4n) is 2.32. The van der Waals surface area contributed by atoms with Crippen molar-refractivity contribution in [3.8, 4) is 0 Å². The average molecular weight is 271 g/mol. The number of rotatable bonds is 7. The SMILES string of the molecule is CCC(NCc1ccn(C(C)CC)n1)c1ccccc1. The van der Waals surface area contributed by atoms with Crippen molar-refractivity contribution in [2.75, 3.05) is 0 Å². The Morgan fingerprint density at radius 3 is 2.50 bits per heavy atom. The van der Waals surface area contributed by atoms with Crippen molar-refractivity contribution in [3.63, 3.8) is 0 Å². The van der Waals surface area contributed by atoms with E-state index >= 15 is 0 Å². The third kappa shape index (κ3) is 3.70. The van der Waals surface area contributed by atoms with Gasteiger partial charge in [-0.2, -0.15) is 5.10 Å². The first-order chi connectivity index (χ1) is 9.74. The fourth-order valence-corrected chi connectivity index (χ4v) is 2.32. The lowest BCUT2D eigenvalue weighted by atomic mass is 10.0. The van der Waals surface area contributed by atoms with Crippen LogP contribution in [0.1, 0.15) is 57.0 Å². The maximum Gasteiger partial charge on any atom is 0.0762 e. The van der Waals surface area contributed by atoms with Crippen LogP contribution in [0.25, 0.3) is 0 Å². The summed E-state index contributed by atoms with van der Waals surface area (Å²) in [6.07, 6.45) is 4.26. The van der Waals surface area contributed by atoms with Crippen LogP contribution in [0.2, 0.25) is 0 Å². The molecular weight excluding hydrogens is 246 g/mol. The lowest BCUT2D eigenvalue weighted by Gasteiger charge is -2.16. The quantitative estimate of drug-likeness (QED) is 0.822. The van der Waals surface area contributed by atoms with E-state index in [1.165, 1.54) is 5.56 Å². The minimum atomic E-state index is 0.393. The summed E-state index contributed by atoms with van der Waals surface area (Å²) in [4.78, 5) is 0. The second kappa shape index (κ2) is 7.25. The molecule has 0 aliphatic rings. The number of aromatic nitrogens is 2. The normalized spacial score (nSPS) is 14.2. The molecule has 0 saturated carbocycles. The van der Waals surface area contributed by atoms with Gasteiger partial charge >= 0.3 is 0 Å². The Kier molecular flexibility index (Phi) is 5.36. The van der Waals surface area contributed by atoms with Crippen molar-refractivity contribution in [2.45, 2.75) is 52.2 Å². The summed E-state index contributed by atoms with van der Waals surface area (Å²) in [5.74, 6) is 0. The number of nitrogens with one attached hydrogen (secondary N) is 1. The molecule has 1 heterocycles. The highest BCUT2D eigenvalue weighted by Gasteiger charge is 2.09. The molecule has 0 bridgehead atoms. The number of hydrogen-bond acceptors (Lipinski definition) is 2. The molecule has 0 amide bonds. The monoisotopic (exact) mass is 271 g/mol. The molecule has 2 rings (SSSR count). The van der Waals surface area contributed by atoms with Crippen molar-refractivity contribution in [2.24, 2.45) is 0 Å². The minimum absolute atomic E-state index is 0.393. The molecule has 1 N–H and O–H groups in total. The second-order valence-corrected chi connectivity index (χ2v) is 5.30. The van der Waals surface area contributed by atoms with Gasteiger partial charge in [-0.3, -0.25) is 4.68 Å². The van der Waals surface area contributed by atoms with E-state index in [0.29, 0.717) is 12.1 Å². The molecule has 20 heavy (non-hydrogen) atoms. The van der Waals surface area contributed by atoms with Gasteiger partial charge in [0.25, 0.3) is 0 Å². The Morgan fingerprint density at radius 1 is 1.10 bits per heavy atom. The van der Waals surface area contributed by atoms with Crippen LogP contribution < -0.4 is 5.32 Å². The van der Waals surface area contributed by atoms with Crippen molar-refractivity contribution in [1.82, 2.24) is 15.1 Å². The highest BCUT2D eigenvalue weighted by atomic mass is 15.3. The van der Waals surface area contributed by atoms with Gasteiger partial charge in [0.2, 0.25) is 0 Å². The third-order valence-electron chi connectivity index (χ3n) is 3.85. The molecular formula is C17H25N3. The van der Waals surface area contributed by atoms with Crippen LogP contribution >= 0.6 is 0 Å². The summed E-state index contributed by atoms with van der Waals surface area (Å²) in [5.41, 5.74) is 2.45. The van der Waals surface area contributed by atoms with Crippen LogP contribution in [0.5, 0.6) is 0 Å². The van der Waals surface area contributed by atoms with Gasteiger partial charge in [0, 0.05) is 24.8 Å². The van der Waals surface area contributed by atoms with Gasteiger partial charge in [-0.25, -0.2) is 0 Å². The third-order valence-corrected chi connectivity index (χ3v) is 3.85. The molecule has 1 aromatic heterocycles. The average Bonchev–Trinajstić information content (AvgIpc) is 2.97. The molecule has 0 aliphatic carbocycles. The zero-order valence-electron chi connectivity index (χ0n) is 12.7. The van der Waals surface area contributed by atoms with Crippen molar-refractivity contribution < 1.29 is 0 Å². The fraction of sp³-hybridized carbons (Fsp3) is 0.471. The van der Waals surface area contributed by atoms with E-state index in [4.69, 9.17) is 0 Å². The molecule has 0 saturated heterocycles. The van der Waals surface area contributed by atoms with E-state index in [1.54, 1.807) is 0 Å². The molecule has 3 heteroatoms. The van der Waals surface area contributed by atoms with Crippen molar-refractivity contribution in [3.05, 3.63) is 53.9 Å². The summed E-state index contributed by atoms with van der Waals surface area (Å²) in [6, 6.07) is 13.6. The van der Waals surface area contributed by atoms with Crippen LogP contribution in [0.4, 0.5) is 0 Å². The largest absolute Gasteiger partial charge is 0.304 e. The molecule has 2 atom stereocenters. The first-order valence-corrected chi connectivity index (χ1v) is 7.57. The lowest BCUT2D eigenvalue weighted by molar-refractivity contribution is 0.463. The summed E-state index contributed by atoms with van der Waals surface area (Å²) in [7, 11) is 0. The summed E-state index contributed by atoms with van der Waals surface area (Å²) in [5, 5.41) is 8.23. The summed E-state index contributed by atoms with van der Waals surface area (Å²) < 4.78 is 2.06. The minimum Gasteiger partial charge on any atom is -0.304 e. The molecule has 2 unspecified atom stereocenters. The van der Waals surface area contributed by atoms with Crippen molar-refractivity contribution in [1.29, 1.82) is 0 Å². The van der Waals surface area contributed by atoms with Crippen molar-refractivity contribution >= 4 is 0 Å². The molecule has 2 aromatic rings. The van der Waals surface area contributed by atoms with Gasteiger partial charge in [-0.05, 0) is 31.4 Å². The highest BCUT2D eigenvalue weighted by Crippen LogP contribution is 2.16. The number of hydrogen-bond donors (Lipinski definition) is 1. The Morgan fingerprint density at radius 2 is 1.85 bits per heavy atom. The highest BCUT2D eigenvalue weighted by molar-refractivity contribution is 5.18. The van der Waals surface area contributed by atoms with E-state index in [-0.39, 0.29) is 0 Å². The van der Waals surface area contributed by atoms with Gasteiger partial charge in [0.05, 0.1) is 5.69 Å². The predicted molar refractivity (Wildman–Crippen MR) is 83.5 cm³/mol. The van der Waals surface area contributed by atoms with E-state index in [0.717, 1.165) is 25.1 Å². The predicted octanol–water partition coefficient (Wildman–Crippen LogP) is 4.10. The number of benzene rings is 1. The summed E-state index contributed by atoms with van der Waals surface area (Å²) in [6.45, 7) is 7.41. The Balaban J connectivity index is 1.95. The lowest BCUT2D eigenvalue weighted by Crippen LogP contribution is -2.20. The maximum atomic E-state index is 4.64. The first-order valence-electron chi connectivity index (χ1n) is 7.57. The topological polar surface area (TPSA) is 29.9 Å². The van der Waals surface area contributed by atoms with Gasteiger partial charge in [-0.15, -0.1) is 0 Å². The van der Waals surface area contributed by atoms with E-state index in [1.807, 2.05) is 0 Å². The zero-order valence-corrected chi connectivity index (χ0v) is 12.7. The van der Waals surface area contributed by atoms with Gasteiger partial charge in [0.1, 0.15) is 0 Å². The Labute approximate surface area is 122 Å². The maximum absolute atomic E-state index is 4.64. The van der Waals surface area contributed by atoms with E-state index in [9.17, 15) is 0 Å². The Hall–Kier alpha value is -1.61. The second-order valence-electron chi connectivity index (χ2n) is 5.30. The zero-order chi connectivity index (χ0) is 14.4. The molecule has 0 fully saturated rings. The molecule has 108 valence electrons. The first kappa shape index (κ1) is 14.8. The molecule has 0 spiro atoms. The number of nitrogens with zero attached hydrogens (tertiary/aromatic N) is 2. The van der Waals surface area contributed by atoms with Gasteiger partial charge in [-0.1, -0.05) is 44.2 Å². The summed E-state index contributed by atoms with van der Waals surface area (Å²) >= 11 is 0. The van der Waals surface area contributed by atoms with Crippen LogP contribution in [0.3, 0.4) is 0 Å². The van der Waals surface area contributed by atoms with Crippen LogP contribution in [0.15, 0.2) is 42.6 Å². The van der Waals surface area contributed by atoms with Gasteiger partial charge < -0.3 is 5.32 Å². The van der Waals surface area contributed by atoms with Crippen LogP contribution in [0, 0.1) is 0 Å². The van der Waals surface area contributed by atoms with E-state index in [2.05, 4.69) is 78.5 Å². The smallest absolute Gasteiger partial charge is 0.0762 e. The van der Waals surface area contributed by atoms with Crippen LogP contribution in [-0.4, -0.2) is 9.78 Å². The molecule has 3 nitrogen and oxygen atoms in total. The van der Waals surface area contributed by atoms with Gasteiger partial charge in [0.15, 0.2) is 0 Å². The molecule has 0 radical (unpaired) electrons. The molecule has 0 aliphatic heterocycles. The Bertz CT molecular complexity index is 504. The standard InChI is InChI=1S/C17H25N3/c1-4-14(3)20-12-11-16(19-20)13-18-17(5-2)15-9-7-6-8-10-15/h6-12,14,17-18H,4-5,13H2,1-3H3. The van der Waals surface area contributed by atoms with E-state index < -0.39 is 0 Å². The van der Waals surface area contributed by atoms with Crippen LogP contribution in [-0.2, 0) is 6.54 Å².